The van der Waals surface area contributed by atoms with Gasteiger partial charge < -0.3 is 16.4 Å². The van der Waals surface area contributed by atoms with Crippen molar-refractivity contribution in [2.45, 2.75) is 19.3 Å². The highest BCUT2D eigenvalue weighted by atomic mass is 19.1. The predicted octanol–water partition coefficient (Wildman–Crippen LogP) is 1.49. The number of rotatable bonds is 4. The number of piperidine rings is 1. The zero-order valence-electron chi connectivity index (χ0n) is 10.9. The lowest BCUT2D eigenvalue weighted by molar-refractivity contribution is 0.0997. The molecule has 0 saturated carbocycles. The van der Waals surface area contributed by atoms with Crippen molar-refractivity contribution in [3.05, 3.63) is 29.6 Å². The van der Waals surface area contributed by atoms with Gasteiger partial charge in [-0.15, -0.1) is 0 Å². The summed E-state index contributed by atoms with van der Waals surface area (Å²) in [6.07, 6.45) is 3.07. The molecule has 4 N–H and O–H groups in total. The van der Waals surface area contributed by atoms with Crippen LogP contribution in [0.3, 0.4) is 0 Å². The third-order valence-electron chi connectivity index (χ3n) is 3.77. The highest BCUT2D eigenvalue weighted by Gasteiger charge is 2.23. The van der Waals surface area contributed by atoms with E-state index in [1.807, 2.05) is 4.90 Å². The van der Waals surface area contributed by atoms with Gasteiger partial charge in [0.2, 0.25) is 0 Å². The molecule has 1 amide bonds. The van der Waals surface area contributed by atoms with Crippen LogP contribution in [0, 0.1) is 11.7 Å². The third-order valence-corrected chi connectivity index (χ3v) is 3.77. The minimum Gasteiger partial charge on any atom is -0.371 e. The molecule has 104 valence electrons. The van der Waals surface area contributed by atoms with Crippen LogP contribution in [-0.2, 0) is 0 Å². The van der Waals surface area contributed by atoms with E-state index in [0.717, 1.165) is 32.4 Å². The molecule has 1 aliphatic heterocycles. The van der Waals surface area contributed by atoms with Crippen LogP contribution in [-0.4, -0.2) is 25.5 Å². The molecule has 1 saturated heterocycles. The number of hydrogen-bond acceptors (Lipinski definition) is 3. The Labute approximate surface area is 112 Å². The maximum atomic E-state index is 13.7. The number of anilines is 1. The molecule has 4 nitrogen and oxygen atoms in total. The smallest absolute Gasteiger partial charge is 0.253 e. The average Bonchev–Trinajstić information content (AvgIpc) is 2.39. The quantitative estimate of drug-likeness (QED) is 0.866. The van der Waals surface area contributed by atoms with Crippen molar-refractivity contribution < 1.29 is 9.18 Å². The Morgan fingerprint density at radius 3 is 2.63 bits per heavy atom. The number of amides is 1. The van der Waals surface area contributed by atoms with Crippen molar-refractivity contribution in [1.29, 1.82) is 0 Å². The largest absolute Gasteiger partial charge is 0.371 e. The van der Waals surface area contributed by atoms with Gasteiger partial charge in [0.15, 0.2) is 0 Å². The average molecular weight is 265 g/mol. The molecule has 1 aromatic carbocycles. The molecule has 1 fully saturated rings. The van der Waals surface area contributed by atoms with Crippen LogP contribution in [0.15, 0.2) is 18.2 Å². The molecule has 1 heterocycles. The van der Waals surface area contributed by atoms with E-state index in [4.69, 9.17) is 11.5 Å². The van der Waals surface area contributed by atoms with Crippen LogP contribution in [0.5, 0.6) is 0 Å². The zero-order valence-corrected chi connectivity index (χ0v) is 10.9. The standard InChI is InChI=1S/C14H20FN3O/c15-11-2-1-3-12(13(11)14(17)19)18-8-5-10(4-7-16)6-9-18/h1-3,10H,4-9,16H2,(H2,17,19). The first-order chi connectivity index (χ1) is 9.13. The van der Waals surface area contributed by atoms with Gasteiger partial charge in [-0.25, -0.2) is 4.39 Å². The van der Waals surface area contributed by atoms with E-state index in [9.17, 15) is 9.18 Å². The van der Waals surface area contributed by atoms with Gasteiger partial charge in [-0.05, 0) is 43.9 Å². The van der Waals surface area contributed by atoms with E-state index in [-0.39, 0.29) is 5.56 Å². The van der Waals surface area contributed by atoms with Gasteiger partial charge in [0.25, 0.3) is 5.91 Å². The monoisotopic (exact) mass is 265 g/mol. The summed E-state index contributed by atoms with van der Waals surface area (Å²) in [6.45, 7) is 2.33. The van der Waals surface area contributed by atoms with Crippen molar-refractivity contribution in [1.82, 2.24) is 0 Å². The van der Waals surface area contributed by atoms with Crippen LogP contribution in [0.1, 0.15) is 29.6 Å². The van der Waals surface area contributed by atoms with Crippen molar-refractivity contribution in [3.63, 3.8) is 0 Å². The second-order valence-electron chi connectivity index (χ2n) is 5.01. The molecule has 19 heavy (non-hydrogen) atoms. The molecule has 0 bridgehead atoms. The fourth-order valence-corrected chi connectivity index (χ4v) is 2.72. The SMILES string of the molecule is NCCC1CCN(c2cccc(F)c2C(N)=O)CC1. The number of nitrogens with zero attached hydrogens (tertiary/aromatic N) is 1. The molecule has 0 unspecified atom stereocenters. The summed E-state index contributed by atoms with van der Waals surface area (Å²) in [4.78, 5) is 13.4. The Balaban J connectivity index is 2.15. The number of carbonyl (C=O) groups is 1. The van der Waals surface area contributed by atoms with E-state index >= 15 is 0 Å². The number of primary amides is 1. The lowest BCUT2D eigenvalue weighted by Gasteiger charge is -2.34. The summed E-state index contributed by atoms with van der Waals surface area (Å²) in [7, 11) is 0. The minimum atomic E-state index is -0.711. The van der Waals surface area contributed by atoms with E-state index in [0.29, 0.717) is 18.2 Å². The Hall–Kier alpha value is -1.62. The third kappa shape index (κ3) is 3.04. The van der Waals surface area contributed by atoms with Crippen LogP contribution >= 0.6 is 0 Å². The van der Waals surface area contributed by atoms with Crippen LogP contribution in [0.2, 0.25) is 0 Å². The molecular formula is C14H20FN3O. The van der Waals surface area contributed by atoms with Gasteiger partial charge in [0.1, 0.15) is 5.82 Å². The minimum absolute atomic E-state index is 0.000208. The first-order valence-corrected chi connectivity index (χ1v) is 6.66. The number of carbonyl (C=O) groups excluding carboxylic acids is 1. The summed E-state index contributed by atoms with van der Waals surface area (Å²) < 4.78 is 13.7. The maximum absolute atomic E-state index is 13.7. The van der Waals surface area contributed by atoms with E-state index < -0.39 is 11.7 Å². The van der Waals surface area contributed by atoms with E-state index in [2.05, 4.69) is 0 Å². The Morgan fingerprint density at radius 2 is 2.05 bits per heavy atom. The highest BCUT2D eigenvalue weighted by Crippen LogP contribution is 2.28. The first kappa shape index (κ1) is 13.8. The fraction of sp³-hybridized carbons (Fsp3) is 0.500. The number of benzene rings is 1. The molecular weight excluding hydrogens is 245 g/mol. The van der Waals surface area contributed by atoms with Gasteiger partial charge in [0.05, 0.1) is 11.3 Å². The summed E-state index contributed by atoms with van der Waals surface area (Å²) in [6, 6.07) is 4.64. The normalized spacial score (nSPS) is 16.6. The summed E-state index contributed by atoms with van der Waals surface area (Å²) in [5.41, 5.74) is 11.4. The molecule has 1 aromatic rings. The topological polar surface area (TPSA) is 72.3 Å². The van der Waals surface area contributed by atoms with Crippen LogP contribution in [0.25, 0.3) is 0 Å². The molecule has 1 aliphatic rings. The van der Waals surface area contributed by atoms with Crippen molar-refractivity contribution >= 4 is 11.6 Å². The lowest BCUT2D eigenvalue weighted by atomic mass is 9.93. The molecule has 0 radical (unpaired) electrons. The Bertz CT molecular complexity index is 456. The van der Waals surface area contributed by atoms with Crippen LogP contribution in [0.4, 0.5) is 10.1 Å². The fourth-order valence-electron chi connectivity index (χ4n) is 2.72. The maximum Gasteiger partial charge on any atom is 0.253 e. The zero-order chi connectivity index (χ0) is 13.8. The van der Waals surface area contributed by atoms with Gasteiger partial charge >= 0.3 is 0 Å². The van der Waals surface area contributed by atoms with Gasteiger partial charge in [-0.1, -0.05) is 6.07 Å². The molecule has 0 aliphatic carbocycles. The summed E-state index contributed by atoms with van der Waals surface area (Å²) in [5.74, 6) is -0.627. The molecule has 5 heteroatoms. The molecule has 0 atom stereocenters. The van der Waals surface area contributed by atoms with E-state index in [1.165, 1.54) is 6.07 Å². The Kier molecular flexibility index (Phi) is 4.37. The predicted molar refractivity (Wildman–Crippen MR) is 73.5 cm³/mol. The van der Waals surface area contributed by atoms with Crippen molar-refractivity contribution in [2.75, 3.05) is 24.5 Å². The molecule has 2 rings (SSSR count). The van der Waals surface area contributed by atoms with Crippen LogP contribution < -0.4 is 16.4 Å². The second kappa shape index (κ2) is 6.02. The number of hydrogen-bond donors (Lipinski definition) is 2. The summed E-state index contributed by atoms with van der Waals surface area (Å²) in [5, 5.41) is 0. The first-order valence-electron chi connectivity index (χ1n) is 6.66. The molecule has 0 spiro atoms. The number of nitrogens with two attached hydrogens (primary N) is 2. The van der Waals surface area contributed by atoms with E-state index in [1.54, 1.807) is 12.1 Å². The Morgan fingerprint density at radius 1 is 1.37 bits per heavy atom. The second-order valence-corrected chi connectivity index (χ2v) is 5.01. The highest BCUT2D eigenvalue weighted by molar-refractivity contribution is 5.99. The molecule has 0 aromatic heterocycles. The van der Waals surface area contributed by atoms with Gasteiger partial charge in [-0.3, -0.25) is 4.79 Å². The van der Waals surface area contributed by atoms with Crippen molar-refractivity contribution in [3.8, 4) is 0 Å². The number of halogens is 1. The summed E-state index contributed by atoms with van der Waals surface area (Å²) >= 11 is 0. The van der Waals surface area contributed by atoms with Crippen molar-refractivity contribution in [2.24, 2.45) is 17.4 Å². The lowest BCUT2D eigenvalue weighted by Crippen LogP contribution is -2.36. The van der Waals surface area contributed by atoms with Gasteiger partial charge in [0, 0.05) is 13.1 Å². The van der Waals surface area contributed by atoms with Gasteiger partial charge in [-0.2, -0.15) is 0 Å².